The number of nitrogens with zero attached hydrogens (tertiary/aromatic N) is 1. The van der Waals surface area contributed by atoms with E-state index in [2.05, 4.69) is 47.6 Å². The number of aromatic nitrogens is 1. The van der Waals surface area contributed by atoms with Crippen molar-refractivity contribution < 1.29 is 0 Å². The van der Waals surface area contributed by atoms with Gasteiger partial charge in [-0.15, -0.1) is 0 Å². The van der Waals surface area contributed by atoms with Gasteiger partial charge in [-0.25, -0.2) is 0 Å². The predicted molar refractivity (Wildman–Crippen MR) is 82.8 cm³/mol. The van der Waals surface area contributed by atoms with Crippen LogP contribution >= 0.6 is 0 Å². The molecule has 0 aliphatic heterocycles. The topological polar surface area (TPSA) is 24.9 Å². The molecule has 104 valence electrons. The van der Waals surface area contributed by atoms with E-state index in [1.54, 1.807) is 11.1 Å². The molecule has 0 saturated heterocycles. The standard InChI is InChI=1S/C18H22N2/c1-2-19-18(17-8-3-4-11-20-17)13-14-9-10-15-6-5-7-16(15)12-14/h3-4,8-12,18-19H,2,5-7,13H2,1H3. The number of hydrogen-bond donors (Lipinski definition) is 1. The summed E-state index contributed by atoms with van der Waals surface area (Å²) in [6, 6.07) is 13.5. The van der Waals surface area contributed by atoms with Crippen LogP contribution in [0.2, 0.25) is 0 Å². The van der Waals surface area contributed by atoms with Crippen LogP contribution in [0, 0.1) is 0 Å². The second-order valence-electron chi connectivity index (χ2n) is 5.53. The lowest BCUT2D eigenvalue weighted by Crippen LogP contribution is -2.23. The molecule has 20 heavy (non-hydrogen) atoms. The van der Waals surface area contributed by atoms with Crippen molar-refractivity contribution in [2.45, 2.75) is 38.6 Å². The molecule has 0 fully saturated rings. The zero-order valence-corrected chi connectivity index (χ0v) is 12.1. The molecule has 0 bridgehead atoms. The first-order valence-electron chi connectivity index (χ1n) is 7.62. The number of benzene rings is 1. The number of hydrogen-bond acceptors (Lipinski definition) is 2. The third-order valence-corrected chi connectivity index (χ3v) is 4.10. The van der Waals surface area contributed by atoms with Gasteiger partial charge in [0.05, 0.1) is 11.7 Å². The lowest BCUT2D eigenvalue weighted by atomic mass is 9.99. The highest BCUT2D eigenvalue weighted by Gasteiger charge is 2.15. The summed E-state index contributed by atoms with van der Waals surface area (Å²) in [5.41, 5.74) is 5.66. The van der Waals surface area contributed by atoms with Crippen molar-refractivity contribution in [3.63, 3.8) is 0 Å². The van der Waals surface area contributed by atoms with E-state index in [-0.39, 0.29) is 0 Å². The Morgan fingerprint density at radius 3 is 2.85 bits per heavy atom. The monoisotopic (exact) mass is 266 g/mol. The molecule has 3 rings (SSSR count). The van der Waals surface area contributed by atoms with Gasteiger partial charge in [0, 0.05) is 6.20 Å². The second kappa shape index (κ2) is 6.19. The third-order valence-electron chi connectivity index (χ3n) is 4.10. The molecular formula is C18H22N2. The van der Waals surface area contributed by atoms with E-state index in [1.807, 2.05) is 12.3 Å². The maximum atomic E-state index is 4.50. The Kier molecular flexibility index (Phi) is 4.12. The molecule has 0 saturated carbocycles. The Morgan fingerprint density at radius 1 is 1.15 bits per heavy atom. The van der Waals surface area contributed by atoms with E-state index < -0.39 is 0 Å². The molecule has 0 amide bonds. The molecule has 1 atom stereocenters. The summed E-state index contributed by atoms with van der Waals surface area (Å²) in [4.78, 5) is 4.50. The van der Waals surface area contributed by atoms with Crippen LogP contribution in [0.15, 0.2) is 42.6 Å². The predicted octanol–water partition coefficient (Wildman–Crippen LogP) is 3.46. The zero-order valence-electron chi connectivity index (χ0n) is 12.1. The highest BCUT2D eigenvalue weighted by molar-refractivity contribution is 5.36. The molecule has 2 heteroatoms. The van der Waals surface area contributed by atoms with Crippen LogP contribution < -0.4 is 5.32 Å². The summed E-state index contributed by atoms with van der Waals surface area (Å²) in [6.07, 6.45) is 6.71. The van der Waals surface area contributed by atoms with Crippen molar-refractivity contribution in [3.05, 3.63) is 65.0 Å². The first-order valence-corrected chi connectivity index (χ1v) is 7.62. The number of likely N-dealkylation sites (N-methyl/N-ethyl adjacent to an activating group) is 1. The number of rotatable bonds is 5. The fourth-order valence-corrected chi connectivity index (χ4v) is 3.10. The first kappa shape index (κ1) is 13.3. The SMILES string of the molecule is CCNC(Cc1ccc2c(c1)CCC2)c1ccccn1. The molecule has 1 heterocycles. The Balaban J connectivity index is 1.80. The second-order valence-corrected chi connectivity index (χ2v) is 5.53. The normalized spacial score (nSPS) is 15.1. The van der Waals surface area contributed by atoms with Gasteiger partial charge in [0.25, 0.3) is 0 Å². The lowest BCUT2D eigenvalue weighted by Gasteiger charge is -2.18. The minimum atomic E-state index is 0.306. The molecule has 2 nitrogen and oxygen atoms in total. The summed E-state index contributed by atoms with van der Waals surface area (Å²) in [7, 11) is 0. The summed E-state index contributed by atoms with van der Waals surface area (Å²) in [5.74, 6) is 0. The zero-order chi connectivity index (χ0) is 13.8. The molecule has 1 aliphatic rings. The summed E-state index contributed by atoms with van der Waals surface area (Å²) >= 11 is 0. The van der Waals surface area contributed by atoms with Gasteiger partial charge in [-0.3, -0.25) is 4.98 Å². The van der Waals surface area contributed by atoms with Gasteiger partial charge in [-0.2, -0.15) is 0 Å². The van der Waals surface area contributed by atoms with Crippen LogP contribution in [0.25, 0.3) is 0 Å². The van der Waals surface area contributed by atoms with Gasteiger partial charge in [-0.05, 0) is 61.1 Å². The Bertz CT molecular complexity index is 563. The third kappa shape index (κ3) is 2.91. The van der Waals surface area contributed by atoms with Crippen molar-refractivity contribution in [2.75, 3.05) is 6.54 Å². The fraction of sp³-hybridized carbons (Fsp3) is 0.389. The molecule has 1 aromatic carbocycles. The van der Waals surface area contributed by atoms with Crippen LogP contribution in [0.1, 0.15) is 41.8 Å². The minimum Gasteiger partial charge on any atom is -0.309 e. The first-order chi connectivity index (χ1) is 9.86. The molecular weight excluding hydrogens is 244 g/mol. The van der Waals surface area contributed by atoms with Crippen LogP contribution in [0.5, 0.6) is 0 Å². The molecule has 1 aliphatic carbocycles. The van der Waals surface area contributed by atoms with Crippen LogP contribution in [-0.4, -0.2) is 11.5 Å². The van der Waals surface area contributed by atoms with Crippen molar-refractivity contribution in [1.82, 2.24) is 10.3 Å². The number of aryl methyl sites for hydroxylation is 2. The minimum absolute atomic E-state index is 0.306. The summed E-state index contributed by atoms with van der Waals surface area (Å²) in [6.45, 7) is 3.12. The average Bonchev–Trinajstić information content (AvgIpc) is 2.95. The van der Waals surface area contributed by atoms with Crippen molar-refractivity contribution in [2.24, 2.45) is 0 Å². The number of pyridine rings is 1. The quantitative estimate of drug-likeness (QED) is 0.896. The number of fused-ring (bicyclic) bond motifs is 1. The van der Waals surface area contributed by atoms with E-state index >= 15 is 0 Å². The highest BCUT2D eigenvalue weighted by atomic mass is 14.9. The van der Waals surface area contributed by atoms with E-state index in [1.165, 1.54) is 24.8 Å². The Labute approximate surface area is 121 Å². The fourth-order valence-electron chi connectivity index (χ4n) is 3.10. The van der Waals surface area contributed by atoms with Gasteiger partial charge in [0.1, 0.15) is 0 Å². The summed E-state index contributed by atoms with van der Waals surface area (Å²) in [5, 5.41) is 3.55. The molecule has 1 N–H and O–H groups in total. The molecule has 0 radical (unpaired) electrons. The Hall–Kier alpha value is -1.67. The van der Waals surface area contributed by atoms with Crippen molar-refractivity contribution in [3.8, 4) is 0 Å². The van der Waals surface area contributed by atoms with Crippen LogP contribution in [-0.2, 0) is 19.3 Å². The Morgan fingerprint density at radius 2 is 2.05 bits per heavy atom. The number of nitrogens with one attached hydrogen (secondary N) is 1. The van der Waals surface area contributed by atoms with E-state index in [0.717, 1.165) is 18.7 Å². The van der Waals surface area contributed by atoms with Gasteiger partial charge in [0.2, 0.25) is 0 Å². The van der Waals surface area contributed by atoms with E-state index in [9.17, 15) is 0 Å². The lowest BCUT2D eigenvalue weighted by molar-refractivity contribution is 0.536. The van der Waals surface area contributed by atoms with Gasteiger partial charge in [0.15, 0.2) is 0 Å². The van der Waals surface area contributed by atoms with Crippen molar-refractivity contribution in [1.29, 1.82) is 0 Å². The molecule has 2 aromatic rings. The van der Waals surface area contributed by atoms with E-state index in [0.29, 0.717) is 6.04 Å². The van der Waals surface area contributed by atoms with Gasteiger partial charge < -0.3 is 5.32 Å². The molecule has 0 spiro atoms. The smallest absolute Gasteiger partial charge is 0.0576 e. The van der Waals surface area contributed by atoms with Crippen molar-refractivity contribution >= 4 is 0 Å². The average molecular weight is 266 g/mol. The summed E-state index contributed by atoms with van der Waals surface area (Å²) < 4.78 is 0. The highest BCUT2D eigenvalue weighted by Crippen LogP contribution is 2.25. The van der Waals surface area contributed by atoms with Gasteiger partial charge >= 0.3 is 0 Å². The molecule has 1 unspecified atom stereocenters. The maximum absolute atomic E-state index is 4.50. The van der Waals surface area contributed by atoms with Crippen LogP contribution in [0.3, 0.4) is 0 Å². The van der Waals surface area contributed by atoms with Crippen LogP contribution in [0.4, 0.5) is 0 Å². The molecule has 1 aromatic heterocycles. The van der Waals surface area contributed by atoms with E-state index in [4.69, 9.17) is 0 Å². The van der Waals surface area contributed by atoms with Gasteiger partial charge in [-0.1, -0.05) is 31.2 Å². The maximum Gasteiger partial charge on any atom is 0.0576 e. The largest absolute Gasteiger partial charge is 0.309 e.